The van der Waals surface area contributed by atoms with Crippen LogP contribution in [0.25, 0.3) is 6.08 Å². The number of hydrogen-bond donors (Lipinski definition) is 2. The topological polar surface area (TPSA) is 129 Å². The van der Waals surface area contributed by atoms with Crippen LogP contribution in [-0.4, -0.2) is 41.3 Å². The molecule has 1 unspecified atom stereocenters. The van der Waals surface area contributed by atoms with Crippen molar-refractivity contribution in [3.63, 3.8) is 0 Å². The number of hydrazone groups is 1. The molecule has 4 rings (SSSR count). The van der Waals surface area contributed by atoms with Gasteiger partial charge in [0, 0.05) is 29.3 Å². The fourth-order valence-electron chi connectivity index (χ4n) is 4.61. The number of anilines is 2. The first kappa shape index (κ1) is 25.7. The summed E-state index contributed by atoms with van der Waals surface area (Å²) in [6.07, 6.45) is 7.16. The number of nitrogens with zero attached hydrogens (tertiary/aromatic N) is 4. The molecule has 3 aromatic rings. The highest BCUT2D eigenvalue weighted by Crippen LogP contribution is 2.36. The van der Waals surface area contributed by atoms with Gasteiger partial charge in [0.25, 0.3) is 5.91 Å². The monoisotopic (exact) mass is 500 g/mol. The maximum atomic E-state index is 13.3. The second kappa shape index (κ2) is 11.1. The summed E-state index contributed by atoms with van der Waals surface area (Å²) in [4.78, 5) is 21.6. The smallest absolute Gasteiger partial charge is 0.267 e. The molecule has 0 saturated carbocycles. The van der Waals surface area contributed by atoms with Gasteiger partial charge in [-0.1, -0.05) is 37.6 Å². The fraction of sp³-hybridized carbons (Fsp3) is 0.286. The zero-order valence-electron chi connectivity index (χ0n) is 21.6. The van der Waals surface area contributed by atoms with E-state index in [1.54, 1.807) is 31.5 Å². The summed E-state index contributed by atoms with van der Waals surface area (Å²) in [6, 6.07) is 11.7. The molecule has 9 heteroatoms. The van der Waals surface area contributed by atoms with Gasteiger partial charge in [0.2, 0.25) is 5.95 Å². The van der Waals surface area contributed by atoms with Crippen molar-refractivity contribution < 1.29 is 14.3 Å². The van der Waals surface area contributed by atoms with Crippen molar-refractivity contribution in [1.82, 2.24) is 15.0 Å². The van der Waals surface area contributed by atoms with E-state index in [9.17, 15) is 4.79 Å². The molecule has 4 N–H and O–H groups in total. The average Bonchev–Trinajstić information content (AvgIpc) is 2.89. The lowest BCUT2D eigenvalue weighted by atomic mass is 9.95. The number of rotatable bonds is 8. The molecular formula is C28H32N6O3. The van der Waals surface area contributed by atoms with Gasteiger partial charge in [0.1, 0.15) is 5.82 Å². The first-order valence-electron chi connectivity index (χ1n) is 12.1. The van der Waals surface area contributed by atoms with Crippen LogP contribution in [0.3, 0.4) is 0 Å². The fourth-order valence-corrected chi connectivity index (χ4v) is 4.61. The van der Waals surface area contributed by atoms with Gasteiger partial charge in [-0.05, 0) is 48.2 Å². The Morgan fingerprint density at radius 1 is 1.14 bits per heavy atom. The third-order valence-corrected chi connectivity index (χ3v) is 6.38. The van der Waals surface area contributed by atoms with Gasteiger partial charge in [-0.15, -0.1) is 0 Å². The molecule has 2 aromatic carbocycles. The summed E-state index contributed by atoms with van der Waals surface area (Å²) >= 11 is 0. The minimum absolute atomic E-state index is 0.123. The molecule has 1 aliphatic rings. The Balaban J connectivity index is 1.66. The predicted molar refractivity (Wildman–Crippen MR) is 146 cm³/mol. The van der Waals surface area contributed by atoms with E-state index in [0.717, 1.165) is 35.1 Å². The third-order valence-electron chi connectivity index (χ3n) is 6.38. The van der Waals surface area contributed by atoms with Crippen molar-refractivity contribution in [2.75, 3.05) is 25.7 Å². The Morgan fingerprint density at radius 3 is 2.62 bits per heavy atom. The van der Waals surface area contributed by atoms with Crippen LogP contribution in [0.2, 0.25) is 0 Å². The lowest BCUT2D eigenvalue weighted by Gasteiger charge is -2.31. The summed E-state index contributed by atoms with van der Waals surface area (Å²) in [7, 11) is 3.14. The van der Waals surface area contributed by atoms with E-state index in [0.29, 0.717) is 35.0 Å². The van der Waals surface area contributed by atoms with E-state index < -0.39 is 0 Å². The Morgan fingerprint density at radius 2 is 1.92 bits per heavy atom. The minimum Gasteiger partial charge on any atom is -0.493 e. The van der Waals surface area contributed by atoms with Gasteiger partial charge in [-0.3, -0.25) is 4.79 Å². The zero-order valence-corrected chi connectivity index (χ0v) is 21.6. The second-order valence-electron chi connectivity index (χ2n) is 8.82. The zero-order chi connectivity index (χ0) is 26.5. The van der Waals surface area contributed by atoms with Crippen molar-refractivity contribution >= 4 is 30.0 Å². The van der Waals surface area contributed by atoms with Crippen LogP contribution < -0.4 is 20.9 Å². The molecule has 192 valence electrons. The van der Waals surface area contributed by atoms with E-state index in [1.165, 1.54) is 6.08 Å². The van der Waals surface area contributed by atoms with Gasteiger partial charge in [-0.25, -0.2) is 9.99 Å². The van der Waals surface area contributed by atoms with E-state index in [1.807, 2.05) is 37.3 Å². The molecule has 0 radical (unpaired) electrons. The number of nitrogen functional groups attached to an aromatic ring is 2. The number of benzene rings is 2. The molecule has 0 bridgehead atoms. The molecule has 1 aromatic heterocycles. The van der Waals surface area contributed by atoms with Gasteiger partial charge in [0.05, 0.1) is 26.5 Å². The highest BCUT2D eigenvalue weighted by Gasteiger charge is 2.27. The molecule has 1 amide bonds. The third kappa shape index (κ3) is 5.40. The van der Waals surface area contributed by atoms with Crippen LogP contribution in [0.5, 0.6) is 11.5 Å². The SMILES string of the molecule is CCCC1c2ccccc2C=NN1C(=O)C=Cc1cc(Cc2c(C)nc(N)nc2N)cc(OC)c1OC. The number of methoxy groups -OCH3 is 2. The van der Waals surface area contributed by atoms with Crippen LogP contribution in [0.1, 0.15) is 59.3 Å². The summed E-state index contributed by atoms with van der Waals surface area (Å²) in [5.74, 6) is 1.30. The quantitative estimate of drug-likeness (QED) is 0.442. The highest BCUT2D eigenvalue weighted by atomic mass is 16.5. The van der Waals surface area contributed by atoms with E-state index >= 15 is 0 Å². The molecule has 0 fully saturated rings. The van der Waals surface area contributed by atoms with Gasteiger partial charge in [-0.2, -0.15) is 10.1 Å². The van der Waals surface area contributed by atoms with Gasteiger partial charge < -0.3 is 20.9 Å². The molecule has 1 atom stereocenters. The Labute approximate surface area is 216 Å². The lowest BCUT2D eigenvalue weighted by Crippen LogP contribution is -2.32. The van der Waals surface area contributed by atoms with Crippen LogP contribution in [0.15, 0.2) is 47.6 Å². The van der Waals surface area contributed by atoms with Crippen molar-refractivity contribution in [2.24, 2.45) is 5.10 Å². The van der Waals surface area contributed by atoms with Crippen LogP contribution in [-0.2, 0) is 11.2 Å². The van der Waals surface area contributed by atoms with Crippen molar-refractivity contribution in [3.8, 4) is 11.5 Å². The average molecular weight is 501 g/mol. The first-order chi connectivity index (χ1) is 17.9. The van der Waals surface area contributed by atoms with E-state index in [4.69, 9.17) is 20.9 Å². The maximum Gasteiger partial charge on any atom is 0.267 e. The highest BCUT2D eigenvalue weighted by molar-refractivity contribution is 5.95. The molecule has 37 heavy (non-hydrogen) atoms. The molecule has 2 heterocycles. The van der Waals surface area contributed by atoms with Crippen molar-refractivity contribution in [3.05, 3.63) is 76.0 Å². The van der Waals surface area contributed by atoms with E-state index in [-0.39, 0.29) is 17.9 Å². The molecule has 0 saturated heterocycles. The van der Waals surface area contributed by atoms with E-state index in [2.05, 4.69) is 28.1 Å². The van der Waals surface area contributed by atoms with Crippen LogP contribution in [0, 0.1) is 6.92 Å². The molecule has 0 spiro atoms. The van der Waals surface area contributed by atoms with Crippen LogP contribution >= 0.6 is 0 Å². The minimum atomic E-state index is -0.220. The number of carbonyl (C=O) groups excluding carboxylic acids is 1. The molecule has 0 aliphatic carbocycles. The summed E-state index contributed by atoms with van der Waals surface area (Å²) in [5, 5.41) is 6.02. The molecule has 9 nitrogen and oxygen atoms in total. The number of hydrogen-bond acceptors (Lipinski definition) is 8. The molecular weight excluding hydrogens is 468 g/mol. The number of fused-ring (bicyclic) bond motifs is 1. The standard InChI is InChI=1S/C28H32N6O3/c1-5-8-23-21-10-7-6-9-20(21)16-31-34(23)25(35)12-11-19-13-18(15-24(36-3)26(19)37-4)14-22-17(2)32-28(30)33-27(22)29/h6-7,9-13,15-16,23H,5,8,14H2,1-4H3,(H4,29,30,32,33). The largest absolute Gasteiger partial charge is 0.493 e. The molecule has 1 aliphatic heterocycles. The summed E-state index contributed by atoms with van der Waals surface area (Å²) in [6.45, 7) is 3.94. The summed E-state index contributed by atoms with van der Waals surface area (Å²) < 4.78 is 11.2. The Hall–Kier alpha value is -4.40. The second-order valence-corrected chi connectivity index (χ2v) is 8.82. The van der Waals surface area contributed by atoms with Crippen LogP contribution in [0.4, 0.5) is 11.8 Å². The number of ether oxygens (including phenoxy) is 2. The number of aryl methyl sites for hydroxylation is 1. The van der Waals surface area contributed by atoms with Gasteiger partial charge in [0.15, 0.2) is 11.5 Å². The normalized spacial score (nSPS) is 14.6. The Kier molecular flexibility index (Phi) is 7.71. The lowest BCUT2D eigenvalue weighted by molar-refractivity contribution is -0.128. The van der Waals surface area contributed by atoms with Gasteiger partial charge >= 0.3 is 0 Å². The number of aromatic nitrogens is 2. The predicted octanol–water partition coefficient (Wildman–Crippen LogP) is 4.29. The first-order valence-corrected chi connectivity index (χ1v) is 12.1. The Bertz CT molecular complexity index is 1350. The number of nitrogens with two attached hydrogens (primary N) is 2. The van der Waals surface area contributed by atoms with Crippen molar-refractivity contribution in [1.29, 1.82) is 0 Å². The summed E-state index contributed by atoms with van der Waals surface area (Å²) in [5.41, 5.74) is 17.0. The van der Waals surface area contributed by atoms with Crippen molar-refractivity contribution in [2.45, 2.75) is 39.2 Å². The number of carbonyl (C=O) groups is 1. The number of amides is 1. The maximum absolute atomic E-state index is 13.3.